The van der Waals surface area contributed by atoms with E-state index in [0.29, 0.717) is 26.3 Å². The SMILES string of the molecule is CCOCCNC(=O)NCc1ccc(N2CCN(CC)CC2)nc1. The van der Waals surface area contributed by atoms with Crippen molar-refractivity contribution in [3.05, 3.63) is 23.9 Å². The first kappa shape index (κ1) is 18.5. The molecule has 0 radical (unpaired) electrons. The van der Waals surface area contributed by atoms with Crippen LogP contribution in [0.3, 0.4) is 0 Å². The molecule has 1 fully saturated rings. The maximum atomic E-state index is 11.6. The van der Waals surface area contributed by atoms with Gasteiger partial charge in [0, 0.05) is 52.1 Å². The Balaban J connectivity index is 1.71. The Morgan fingerprint density at radius 2 is 2.00 bits per heavy atom. The summed E-state index contributed by atoms with van der Waals surface area (Å²) in [5, 5.41) is 5.57. The molecule has 0 saturated carbocycles. The predicted octanol–water partition coefficient (Wildman–Crippen LogP) is 1.06. The lowest BCUT2D eigenvalue weighted by molar-refractivity contribution is 0.149. The zero-order valence-electron chi connectivity index (χ0n) is 14.8. The molecular formula is C17H29N5O2. The zero-order valence-corrected chi connectivity index (χ0v) is 14.8. The summed E-state index contributed by atoms with van der Waals surface area (Å²) in [5.41, 5.74) is 0.992. The number of amides is 2. The fourth-order valence-corrected chi connectivity index (χ4v) is 2.63. The van der Waals surface area contributed by atoms with Crippen LogP contribution in [0.5, 0.6) is 0 Å². The summed E-state index contributed by atoms with van der Waals surface area (Å²) < 4.78 is 5.17. The number of pyridine rings is 1. The van der Waals surface area contributed by atoms with Gasteiger partial charge in [0.15, 0.2) is 0 Å². The first-order chi connectivity index (χ1) is 11.7. The normalized spacial score (nSPS) is 15.3. The number of nitrogens with zero attached hydrogens (tertiary/aromatic N) is 3. The third-order valence-corrected chi connectivity index (χ3v) is 4.14. The highest BCUT2D eigenvalue weighted by molar-refractivity contribution is 5.73. The Kier molecular flexibility index (Phi) is 7.77. The topological polar surface area (TPSA) is 69.7 Å². The lowest BCUT2D eigenvalue weighted by Crippen LogP contribution is -2.46. The van der Waals surface area contributed by atoms with Crippen molar-refractivity contribution in [1.82, 2.24) is 20.5 Å². The molecule has 1 saturated heterocycles. The highest BCUT2D eigenvalue weighted by Crippen LogP contribution is 2.13. The molecule has 1 aromatic heterocycles. The molecule has 0 aromatic carbocycles. The first-order valence-corrected chi connectivity index (χ1v) is 8.74. The summed E-state index contributed by atoms with van der Waals surface area (Å²) in [4.78, 5) is 20.9. The fourth-order valence-electron chi connectivity index (χ4n) is 2.63. The van der Waals surface area contributed by atoms with Gasteiger partial charge in [0.2, 0.25) is 0 Å². The standard InChI is InChI=1S/C17H29N5O2/c1-3-21-8-10-22(11-9-21)16-6-5-15(13-19-16)14-20-17(23)18-7-12-24-4-2/h5-6,13H,3-4,7-12,14H2,1-2H3,(H2,18,20,23). The van der Waals surface area contributed by atoms with E-state index < -0.39 is 0 Å². The van der Waals surface area contributed by atoms with Crippen LogP contribution in [0.15, 0.2) is 18.3 Å². The third kappa shape index (κ3) is 5.98. The van der Waals surface area contributed by atoms with Crippen LogP contribution in [-0.4, -0.2) is 68.4 Å². The predicted molar refractivity (Wildman–Crippen MR) is 95.3 cm³/mol. The summed E-state index contributed by atoms with van der Waals surface area (Å²) in [6, 6.07) is 3.87. The van der Waals surface area contributed by atoms with Crippen molar-refractivity contribution in [1.29, 1.82) is 0 Å². The number of ether oxygens (including phenoxy) is 1. The maximum absolute atomic E-state index is 11.6. The second-order valence-corrected chi connectivity index (χ2v) is 5.75. The van der Waals surface area contributed by atoms with E-state index in [9.17, 15) is 4.79 Å². The smallest absolute Gasteiger partial charge is 0.315 e. The van der Waals surface area contributed by atoms with E-state index in [0.717, 1.165) is 44.1 Å². The number of nitrogens with one attached hydrogen (secondary N) is 2. The Labute approximate surface area is 144 Å². The molecule has 2 amide bonds. The summed E-state index contributed by atoms with van der Waals surface area (Å²) in [6.45, 7) is 11.6. The minimum Gasteiger partial charge on any atom is -0.380 e. The molecule has 0 unspecified atom stereocenters. The molecule has 1 aliphatic heterocycles. The molecular weight excluding hydrogens is 306 g/mol. The van der Waals surface area contributed by atoms with Crippen molar-refractivity contribution in [3.63, 3.8) is 0 Å². The Hall–Kier alpha value is -1.86. The molecule has 2 N–H and O–H groups in total. The van der Waals surface area contributed by atoms with Crippen LogP contribution in [0.2, 0.25) is 0 Å². The molecule has 7 nitrogen and oxygen atoms in total. The number of aromatic nitrogens is 1. The summed E-state index contributed by atoms with van der Waals surface area (Å²) in [6.07, 6.45) is 1.84. The molecule has 1 aromatic rings. The lowest BCUT2D eigenvalue weighted by atomic mass is 10.2. The second-order valence-electron chi connectivity index (χ2n) is 5.75. The monoisotopic (exact) mass is 335 g/mol. The van der Waals surface area contributed by atoms with Gasteiger partial charge in [-0.25, -0.2) is 9.78 Å². The van der Waals surface area contributed by atoms with E-state index in [1.165, 1.54) is 0 Å². The van der Waals surface area contributed by atoms with Crippen molar-refractivity contribution in [2.45, 2.75) is 20.4 Å². The Morgan fingerprint density at radius 1 is 1.21 bits per heavy atom. The van der Waals surface area contributed by atoms with E-state index in [-0.39, 0.29) is 6.03 Å². The molecule has 0 bridgehead atoms. The number of likely N-dealkylation sites (N-methyl/N-ethyl adjacent to an activating group) is 1. The van der Waals surface area contributed by atoms with Gasteiger partial charge in [-0.15, -0.1) is 0 Å². The Morgan fingerprint density at radius 3 is 2.62 bits per heavy atom. The van der Waals surface area contributed by atoms with Gasteiger partial charge in [-0.1, -0.05) is 13.0 Å². The Bertz CT molecular complexity index is 486. The van der Waals surface area contributed by atoms with Gasteiger partial charge in [-0.05, 0) is 25.1 Å². The van der Waals surface area contributed by atoms with Gasteiger partial charge in [-0.3, -0.25) is 0 Å². The maximum Gasteiger partial charge on any atom is 0.315 e. The average molecular weight is 335 g/mol. The van der Waals surface area contributed by atoms with Crippen LogP contribution in [0.25, 0.3) is 0 Å². The molecule has 2 heterocycles. The van der Waals surface area contributed by atoms with Gasteiger partial charge >= 0.3 is 6.03 Å². The van der Waals surface area contributed by atoms with Crippen molar-refractivity contribution in [2.24, 2.45) is 0 Å². The van der Waals surface area contributed by atoms with Crippen molar-refractivity contribution < 1.29 is 9.53 Å². The third-order valence-electron chi connectivity index (χ3n) is 4.14. The van der Waals surface area contributed by atoms with Crippen molar-refractivity contribution in [2.75, 3.05) is 57.4 Å². The zero-order chi connectivity index (χ0) is 17.2. The van der Waals surface area contributed by atoms with Crippen LogP contribution in [0.1, 0.15) is 19.4 Å². The molecule has 134 valence electrons. The summed E-state index contributed by atoms with van der Waals surface area (Å²) in [5.74, 6) is 1.01. The highest BCUT2D eigenvalue weighted by atomic mass is 16.5. The molecule has 0 aliphatic carbocycles. The van der Waals surface area contributed by atoms with Gasteiger partial charge in [0.25, 0.3) is 0 Å². The number of rotatable bonds is 8. The molecule has 24 heavy (non-hydrogen) atoms. The molecule has 0 atom stereocenters. The van der Waals surface area contributed by atoms with Gasteiger partial charge in [0.05, 0.1) is 6.61 Å². The van der Waals surface area contributed by atoms with Crippen molar-refractivity contribution >= 4 is 11.8 Å². The molecule has 2 rings (SSSR count). The van der Waals surface area contributed by atoms with E-state index in [4.69, 9.17) is 4.74 Å². The van der Waals surface area contributed by atoms with Gasteiger partial charge < -0.3 is 25.2 Å². The number of anilines is 1. The molecule has 0 spiro atoms. The minimum atomic E-state index is -0.186. The number of carbonyl (C=O) groups excluding carboxylic acids is 1. The van der Waals surface area contributed by atoms with Crippen molar-refractivity contribution in [3.8, 4) is 0 Å². The number of piperazine rings is 1. The van der Waals surface area contributed by atoms with E-state index >= 15 is 0 Å². The summed E-state index contributed by atoms with van der Waals surface area (Å²) in [7, 11) is 0. The van der Waals surface area contributed by atoms with E-state index in [1.54, 1.807) is 0 Å². The van der Waals surface area contributed by atoms with Crippen LogP contribution >= 0.6 is 0 Å². The van der Waals surface area contributed by atoms with Crippen LogP contribution in [-0.2, 0) is 11.3 Å². The highest BCUT2D eigenvalue weighted by Gasteiger charge is 2.16. The van der Waals surface area contributed by atoms with Crippen LogP contribution in [0, 0.1) is 0 Å². The quantitative estimate of drug-likeness (QED) is 0.695. The van der Waals surface area contributed by atoms with E-state index in [1.807, 2.05) is 25.3 Å². The van der Waals surface area contributed by atoms with E-state index in [2.05, 4.69) is 32.3 Å². The molecule has 1 aliphatic rings. The van der Waals surface area contributed by atoms with Gasteiger partial charge in [-0.2, -0.15) is 0 Å². The number of hydrogen-bond acceptors (Lipinski definition) is 5. The molecule has 7 heteroatoms. The van der Waals surface area contributed by atoms with Gasteiger partial charge in [0.1, 0.15) is 5.82 Å². The second kappa shape index (κ2) is 10.1. The minimum absolute atomic E-state index is 0.186. The number of carbonyl (C=O) groups is 1. The average Bonchev–Trinajstić information content (AvgIpc) is 2.64. The van der Waals surface area contributed by atoms with Crippen LogP contribution in [0.4, 0.5) is 10.6 Å². The number of hydrogen-bond donors (Lipinski definition) is 2. The van der Waals surface area contributed by atoms with Crippen LogP contribution < -0.4 is 15.5 Å². The largest absolute Gasteiger partial charge is 0.380 e. The summed E-state index contributed by atoms with van der Waals surface area (Å²) >= 11 is 0. The fraction of sp³-hybridized carbons (Fsp3) is 0.647. The lowest BCUT2D eigenvalue weighted by Gasteiger charge is -2.34. The first-order valence-electron chi connectivity index (χ1n) is 8.74. The number of urea groups is 1.